The van der Waals surface area contributed by atoms with Crippen LogP contribution in [0, 0.1) is 5.82 Å². The Balaban J connectivity index is 1.62. The number of carbonyl (C=O) groups excluding carboxylic acids is 1. The van der Waals surface area contributed by atoms with Gasteiger partial charge in [0.15, 0.2) is 0 Å². The Hall–Kier alpha value is -1.42. The molecule has 1 aromatic carbocycles. The van der Waals surface area contributed by atoms with Crippen LogP contribution >= 0.6 is 0 Å². The number of benzene rings is 1. The second-order valence-corrected chi connectivity index (χ2v) is 5.88. The Morgan fingerprint density at radius 3 is 2.60 bits per heavy atom. The molecule has 1 atom stereocenters. The average Bonchev–Trinajstić information content (AvgIpc) is 3.15. The fraction of sp³-hybridized carbons (Fsp3) is 0.562. The maximum atomic E-state index is 12.9. The summed E-state index contributed by atoms with van der Waals surface area (Å²) < 4.78 is 12.9. The molecule has 1 aliphatic heterocycles. The molecule has 108 valence electrons. The van der Waals surface area contributed by atoms with E-state index >= 15 is 0 Å². The first-order valence-corrected chi connectivity index (χ1v) is 7.49. The minimum absolute atomic E-state index is 0.229. The molecule has 1 saturated heterocycles. The average molecular weight is 276 g/mol. The molecule has 2 fully saturated rings. The number of nitrogens with one attached hydrogen (secondary N) is 1. The van der Waals surface area contributed by atoms with Crippen LogP contribution in [0.4, 0.5) is 4.39 Å². The van der Waals surface area contributed by atoms with Gasteiger partial charge in [0, 0.05) is 25.0 Å². The third kappa shape index (κ3) is 3.37. The topological polar surface area (TPSA) is 32.3 Å². The highest BCUT2D eigenvalue weighted by Crippen LogP contribution is 2.29. The van der Waals surface area contributed by atoms with Crippen LogP contribution in [0.5, 0.6) is 0 Å². The van der Waals surface area contributed by atoms with Crippen molar-refractivity contribution in [1.82, 2.24) is 10.2 Å². The number of carbonyl (C=O) groups is 1. The number of halogens is 1. The highest BCUT2D eigenvalue weighted by Gasteiger charge is 2.33. The Bertz CT molecular complexity index is 464. The molecular weight excluding hydrogens is 255 g/mol. The van der Waals surface area contributed by atoms with Crippen LogP contribution in [0.3, 0.4) is 0 Å². The van der Waals surface area contributed by atoms with Gasteiger partial charge in [0.1, 0.15) is 5.82 Å². The monoisotopic (exact) mass is 276 g/mol. The molecule has 1 aliphatic carbocycles. The van der Waals surface area contributed by atoms with Crippen molar-refractivity contribution < 1.29 is 9.18 Å². The molecule has 1 saturated carbocycles. The molecule has 20 heavy (non-hydrogen) atoms. The van der Waals surface area contributed by atoms with E-state index in [-0.39, 0.29) is 11.7 Å². The minimum Gasteiger partial charge on any atom is -0.335 e. The van der Waals surface area contributed by atoms with E-state index in [0.29, 0.717) is 25.0 Å². The van der Waals surface area contributed by atoms with E-state index in [2.05, 4.69) is 5.32 Å². The number of rotatable bonds is 5. The van der Waals surface area contributed by atoms with Crippen molar-refractivity contribution in [3.05, 3.63) is 35.6 Å². The molecule has 3 rings (SSSR count). The number of hydrogen-bond acceptors (Lipinski definition) is 2. The Morgan fingerprint density at radius 2 is 2.00 bits per heavy atom. The van der Waals surface area contributed by atoms with E-state index in [1.54, 1.807) is 12.1 Å². The van der Waals surface area contributed by atoms with Gasteiger partial charge >= 0.3 is 0 Å². The fourth-order valence-electron chi connectivity index (χ4n) is 2.85. The van der Waals surface area contributed by atoms with Crippen LogP contribution in [0.25, 0.3) is 0 Å². The van der Waals surface area contributed by atoms with Crippen LogP contribution in [0.1, 0.15) is 37.7 Å². The van der Waals surface area contributed by atoms with Gasteiger partial charge in [0.05, 0.1) is 0 Å². The molecule has 1 unspecified atom stereocenters. The maximum Gasteiger partial charge on any atom is 0.224 e. The summed E-state index contributed by atoms with van der Waals surface area (Å²) in [6.45, 7) is 1.63. The smallest absolute Gasteiger partial charge is 0.224 e. The van der Waals surface area contributed by atoms with Gasteiger partial charge in [-0.3, -0.25) is 4.79 Å². The second kappa shape index (κ2) is 5.92. The van der Waals surface area contributed by atoms with Crippen LogP contribution in [0.2, 0.25) is 0 Å². The first kappa shape index (κ1) is 13.6. The highest BCUT2D eigenvalue weighted by molar-refractivity contribution is 5.77. The van der Waals surface area contributed by atoms with Gasteiger partial charge in [0.2, 0.25) is 5.91 Å². The van der Waals surface area contributed by atoms with Gasteiger partial charge in [-0.1, -0.05) is 12.1 Å². The van der Waals surface area contributed by atoms with Crippen molar-refractivity contribution in [3.8, 4) is 0 Å². The van der Waals surface area contributed by atoms with Crippen molar-refractivity contribution in [2.75, 3.05) is 6.54 Å². The van der Waals surface area contributed by atoms with Crippen molar-refractivity contribution in [2.24, 2.45) is 0 Å². The van der Waals surface area contributed by atoms with Gasteiger partial charge in [-0.15, -0.1) is 0 Å². The van der Waals surface area contributed by atoms with E-state index in [1.807, 2.05) is 4.90 Å². The van der Waals surface area contributed by atoms with Crippen molar-refractivity contribution in [3.63, 3.8) is 0 Å². The Kier molecular flexibility index (Phi) is 4.01. The summed E-state index contributed by atoms with van der Waals surface area (Å²) in [4.78, 5) is 14.4. The van der Waals surface area contributed by atoms with E-state index in [9.17, 15) is 9.18 Å². The summed E-state index contributed by atoms with van der Waals surface area (Å²) >= 11 is 0. The third-order valence-corrected chi connectivity index (χ3v) is 4.16. The molecule has 1 heterocycles. The summed E-state index contributed by atoms with van der Waals surface area (Å²) in [5.74, 6) is 0.00410. The lowest BCUT2D eigenvalue weighted by Gasteiger charge is -2.24. The zero-order valence-corrected chi connectivity index (χ0v) is 11.6. The first-order chi connectivity index (χ1) is 9.72. The highest BCUT2D eigenvalue weighted by atomic mass is 19.1. The van der Waals surface area contributed by atoms with E-state index in [0.717, 1.165) is 31.4 Å². The quantitative estimate of drug-likeness (QED) is 0.896. The zero-order chi connectivity index (χ0) is 13.9. The standard InChI is InChI=1S/C16H21FN2O/c17-13-5-3-12(4-6-13)11-19(15-7-8-15)16(20)10-14-2-1-9-18-14/h3-6,14-15,18H,1-2,7-11H2. The summed E-state index contributed by atoms with van der Waals surface area (Å²) in [5, 5.41) is 3.38. The lowest BCUT2D eigenvalue weighted by atomic mass is 10.1. The predicted octanol–water partition coefficient (Wildman–Crippen LogP) is 2.46. The van der Waals surface area contributed by atoms with Crippen LogP contribution in [0.15, 0.2) is 24.3 Å². The Labute approximate surface area is 119 Å². The lowest BCUT2D eigenvalue weighted by Crippen LogP contribution is -2.37. The summed E-state index contributed by atoms with van der Waals surface area (Å²) in [5.41, 5.74) is 1.01. The number of amides is 1. The molecule has 1 aromatic rings. The van der Waals surface area contributed by atoms with Crippen molar-refractivity contribution in [1.29, 1.82) is 0 Å². The van der Waals surface area contributed by atoms with Crippen molar-refractivity contribution in [2.45, 2.75) is 50.7 Å². The van der Waals surface area contributed by atoms with Gasteiger partial charge in [-0.25, -0.2) is 4.39 Å². The molecule has 0 bridgehead atoms. The van der Waals surface area contributed by atoms with Crippen molar-refractivity contribution >= 4 is 5.91 Å². The SMILES string of the molecule is O=C(CC1CCCN1)N(Cc1ccc(F)cc1)C1CC1. The predicted molar refractivity (Wildman–Crippen MR) is 75.6 cm³/mol. The molecule has 1 amide bonds. The number of nitrogens with zero attached hydrogens (tertiary/aromatic N) is 1. The van der Waals surface area contributed by atoms with Gasteiger partial charge in [-0.2, -0.15) is 0 Å². The van der Waals surface area contributed by atoms with Gasteiger partial charge in [-0.05, 0) is 49.9 Å². The molecule has 0 radical (unpaired) electrons. The largest absolute Gasteiger partial charge is 0.335 e. The lowest BCUT2D eigenvalue weighted by molar-refractivity contribution is -0.132. The summed E-state index contributed by atoms with van der Waals surface area (Å²) in [7, 11) is 0. The molecular formula is C16H21FN2O. The number of hydrogen-bond donors (Lipinski definition) is 1. The van der Waals surface area contributed by atoms with Crippen LogP contribution in [-0.4, -0.2) is 29.4 Å². The van der Waals surface area contributed by atoms with E-state index < -0.39 is 0 Å². The second-order valence-electron chi connectivity index (χ2n) is 5.88. The van der Waals surface area contributed by atoms with Gasteiger partial charge in [0.25, 0.3) is 0 Å². The minimum atomic E-state index is -0.229. The van der Waals surface area contributed by atoms with Gasteiger partial charge < -0.3 is 10.2 Å². The first-order valence-electron chi connectivity index (χ1n) is 7.49. The molecule has 2 aliphatic rings. The Morgan fingerprint density at radius 1 is 1.25 bits per heavy atom. The molecule has 3 nitrogen and oxygen atoms in total. The zero-order valence-electron chi connectivity index (χ0n) is 11.6. The maximum absolute atomic E-state index is 12.9. The van der Waals surface area contributed by atoms with Crippen LogP contribution in [-0.2, 0) is 11.3 Å². The van der Waals surface area contributed by atoms with E-state index in [1.165, 1.54) is 18.6 Å². The molecule has 4 heteroatoms. The molecule has 0 aromatic heterocycles. The van der Waals surface area contributed by atoms with E-state index in [4.69, 9.17) is 0 Å². The molecule has 0 spiro atoms. The summed E-state index contributed by atoms with van der Waals surface area (Å²) in [6, 6.07) is 7.20. The normalized spacial score (nSPS) is 21.9. The fourth-order valence-corrected chi connectivity index (χ4v) is 2.85. The van der Waals surface area contributed by atoms with Crippen LogP contribution < -0.4 is 5.32 Å². The third-order valence-electron chi connectivity index (χ3n) is 4.16. The molecule has 1 N–H and O–H groups in total. The summed E-state index contributed by atoms with van der Waals surface area (Å²) in [6.07, 6.45) is 5.06.